The summed E-state index contributed by atoms with van der Waals surface area (Å²) in [5, 5.41) is 9.50. The van der Waals surface area contributed by atoms with Gasteiger partial charge < -0.3 is 14.6 Å². The summed E-state index contributed by atoms with van der Waals surface area (Å²) in [7, 11) is 0. The van der Waals surface area contributed by atoms with E-state index in [2.05, 4.69) is 13.8 Å². The SMILES string of the molecule is CCCCCCCCCCCCCCCCCCCCCOCC(CO)OC(=O)CCCCCCCCCC. The molecule has 0 spiro atoms. The van der Waals surface area contributed by atoms with Crippen LogP contribution in [0.3, 0.4) is 0 Å². The van der Waals surface area contributed by atoms with Crippen LogP contribution in [0.5, 0.6) is 0 Å². The maximum atomic E-state index is 12.0. The molecule has 1 atom stereocenters. The molecule has 0 aromatic rings. The Bertz CT molecular complexity index is 468. The first-order valence-electron chi connectivity index (χ1n) is 17.6. The first-order chi connectivity index (χ1) is 19.2. The summed E-state index contributed by atoms with van der Waals surface area (Å²) < 4.78 is 11.1. The van der Waals surface area contributed by atoms with Crippen LogP contribution < -0.4 is 0 Å². The lowest BCUT2D eigenvalue weighted by atomic mass is 10.0. The lowest BCUT2D eigenvalue weighted by Gasteiger charge is -2.16. The quantitative estimate of drug-likeness (QED) is 0.0647. The van der Waals surface area contributed by atoms with Gasteiger partial charge in [-0.05, 0) is 12.8 Å². The molecule has 0 saturated heterocycles. The van der Waals surface area contributed by atoms with E-state index in [0.29, 0.717) is 19.6 Å². The summed E-state index contributed by atoms with van der Waals surface area (Å²) in [6.07, 6.45) is 35.8. The highest BCUT2D eigenvalue weighted by Gasteiger charge is 2.13. The Balaban J connectivity index is 3.33. The van der Waals surface area contributed by atoms with Crippen molar-refractivity contribution in [3.8, 4) is 0 Å². The van der Waals surface area contributed by atoms with Gasteiger partial charge in [0, 0.05) is 13.0 Å². The van der Waals surface area contributed by atoms with E-state index in [9.17, 15) is 9.90 Å². The molecule has 0 aromatic carbocycles. The molecular formula is C35H70O4. The zero-order chi connectivity index (χ0) is 28.5. The molecule has 0 heterocycles. The van der Waals surface area contributed by atoms with E-state index in [1.807, 2.05) is 0 Å². The van der Waals surface area contributed by atoms with Crippen LogP contribution in [0.4, 0.5) is 0 Å². The average molecular weight is 555 g/mol. The van der Waals surface area contributed by atoms with Gasteiger partial charge in [0.15, 0.2) is 0 Å². The Morgan fingerprint density at radius 2 is 0.846 bits per heavy atom. The van der Waals surface area contributed by atoms with Crippen LogP contribution in [0.2, 0.25) is 0 Å². The number of unbranched alkanes of at least 4 members (excludes halogenated alkanes) is 25. The van der Waals surface area contributed by atoms with E-state index < -0.39 is 6.10 Å². The van der Waals surface area contributed by atoms with Crippen molar-refractivity contribution in [2.75, 3.05) is 19.8 Å². The third-order valence-corrected chi connectivity index (χ3v) is 7.93. The highest BCUT2D eigenvalue weighted by Crippen LogP contribution is 2.15. The van der Waals surface area contributed by atoms with E-state index in [-0.39, 0.29) is 12.6 Å². The van der Waals surface area contributed by atoms with Crippen LogP contribution in [-0.2, 0) is 14.3 Å². The third kappa shape index (κ3) is 31.8. The number of hydrogen-bond donors (Lipinski definition) is 1. The second-order valence-electron chi connectivity index (χ2n) is 12.0. The molecule has 0 aromatic heterocycles. The summed E-state index contributed by atoms with van der Waals surface area (Å²) in [6, 6.07) is 0. The monoisotopic (exact) mass is 555 g/mol. The minimum Gasteiger partial charge on any atom is -0.457 e. The van der Waals surface area contributed by atoms with Crippen LogP contribution in [-0.4, -0.2) is 37.0 Å². The van der Waals surface area contributed by atoms with Crippen molar-refractivity contribution in [1.29, 1.82) is 0 Å². The zero-order valence-electron chi connectivity index (χ0n) is 26.7. The molecule has 39 heavy (non-hydrogen) atoms. The fourth-order valence-electron chi connectivity index (χ4n) is 5.27. The predicted octanol–water partition coefficient (Wildman–Crippen LogP) is 10.9. The maximum Gasteiger partial charge on any atom is 0.306 e. The highest BCUT2D eigenvalue weighted by molar-refractivity contribution is 5.69. The molecule has 0 aliphatic heterocycles. The molecule has 0 aliphatic rings. The van der Waals surface area contributed by atoms with Crippen molar-refractivity contribution in [3.05, 3.63) is 0 Å². The van der Waals surface area contributed by atoms with Gasteiger partial charge in [0.2, 0.25) is 0 Å². The molecular weight excluding hydrogens is 484 g/mol. The number of aliphatic hydroxyl groups is 1. The van der Waals surface area contributed by atoms with Crippen molar-refractivity contribution >= 4 is 5.97 Å². The Labute approximate surface area is 244 Å². The maximum absolute atomic E-state index is 12.0. The average Bonchev–Trinajstić information content (AvgIpc) is 2.94. The number of ether oxygens (including phenoxy) is 2. The summed E-state index contributed by atoms with van der Waals surface area (Å²) in [5.74, 6) is -0.202. The largest absolute Gasteiger partial charge is 0.457 e. The minimum atomic E-state index is -0.521. The number of carbonyl (C=O) groups excluding carboxylic acids is 1. The molecule has 0 rings (SSSR count). The fraction of sp³-hybridized carbons (Fsp3) is 0.971. The topological polar surface area (TPSA) is 55.8 Å². The van der Waals surface area contributed by atoms with Gasteiger partial charge in [0.25, 0.3) is 0 Å². The smallest absolute Gasteiger partial charge is 0.306 e. The lowest BCUT2D eigenvalue weighted by Crippen LogP contribution is -2.27. The molecule has 0 amide bonds. The van der Waals surface area contributed by atoms with E-state index in [4.69, 9.17) is 9.47 Å². The first kappa shape index (κ1) is 38.4. The van der Waals surface area contributed by atoms with Crippen molar-refractivity contribution in [1.82, 2.24) is 0 Å². The zero-order valence-corrected chi connectivity index (χ0v) is 26.7. The third-order valence-electron chi connectivity index (χ3n) is 7.93. The molecule has 4 heteroatoms. The van der Waals surface area contributed by atoms with Crippen LogP contribution in [0.15, 0.2) is 0 Å². The van der Waals surface area contributed by atoms with Gasteiger partial charge in [0.05, 0.1) is 13.2 Å². The number of rotatable bonds is 33. The first-order valence-corrected chi connectivity index (χ1v) is 17.6. The number of esters is 1. The van der Waals surface area contributed by atoms with Gasteiger partial charge in [-0.3, -0.25) is 4.79 Å². The van der Waals surface area contributed by atoms with Gasteiger partial charge in [-0.2, -0.15) is 0 Å². The van der Waals surface area contributed by atoms with Crippen LogP contribution >= 0.6 is 0 Å². The molecule has 1 N–H and O–H groups in total. The van der Waals surface area contributed by atoms with E-state index in [1.165, 1.54) is 154 Å². The summed E-state index contributed by atoms with van der Waals surface area (Å²) in [4.78, 5) is 12.0. The normalized spacial score (nSPS) is 12.2. The van der Waals surface area contributed by atoms with Crippen LogP contribution in [0.1, 0.15) is 194 Å². The fourth-order valence-corrected chi connectivity index (χ4v) is 5.27. The Kier molecular flexibility index (Phi) is 33.1. The van der Waals surface area contributed by atoms with Crippen molar-refractivity contribution < 1.29 is 19.4 Å². The van der Waals surface area contributed by atoms with Crippen LogP contribution in [0.25, 0.3) is 0 Å². The minimum absolute atomic E-state index is 0.164. The second-order valence-corrected chi connectivity index (χ2v) is 12.0. The highest BCUT2D eigenvalue weighted by atomic mass is 16.6. The summed E-state index contributed by atoms with van der Waals surface area (Å²) in [6.45, 7) is 5.35. The van der Waals surface area contributed by atoms with E-state index in [1.54, 1.807) is 0 Å². The van der Waals surface area contributed by atoms with Crippen molar-refractivity contribution in [2.45, 2.75) is 200 Å². The van der Waals surface area contributed by atoms with E-state index in [0.717, 1.165) is 19.3 Å². The van der Waals surface area contributed by atoms with E-state index >= 15 is 0 Å². The Morgan fingerprint density at radius 1 is 0.513 bits per heavy atom. The van der Waals surface area contributed by atoms with Gasteiger partial charge >= 0.3 is 5.97 Å². The Hall–Kier alpha value is -0.610. The number of hydrogen-bond acceptors (Lipinski definition) is 4. The standard InChI is InChI=1S/C35H70O4/c1-3-5-7-9-11-13-14-15-16-17-18-19-20-21-22-23-25-27-29-31-38-33-34(32-36)39-35(37)30-28-26-24-12-10-8-6-4-2/h34,36H,3-33H2,1-2H3. The molecule has 0 saturated carbocycles. The van der Waals surface area contributed by atoms with Crippen molar-refractivity contribution in [2.24, 2.45) is 0 Å². The Morgan fingerprint density at radius 3 is 1.21 bits per heavy atom. The predicted molar refractivity (Wildman–Crippen MR) is 168 cm³/mol. The molecule has 0 bridgehead atoms. The molecule has 4 nitrogen and oxygen atoms in total. The molecule has 1 unspecified atom stereocenters. The molecule has 234 valence electrons. The summed E-state index contributed by atoms with van der Waals surface area (Å²) in [5.41, 5.74) is 0. The summed E-state index contributed by atoms with van der Waals surface area (Å²) >= 11 is 0. The second kappa shape index (κ2) is 33.6. The van der Waals surface area contributed by atoms with Gasteiger partial charge in [0.1, 0.15) is 6.10 Å². The van der Waals surface area contributed by atoms with Gasteiger partial charge in [-0.25, -0.2) is 0 Å². The number of carbonyl (C=O) groups is 1. The molecule has 0 aliphatic carbocycles. The van der Waals surface area contributed by atoms with Crippen molar-refractivity contribution in [3.63, 3.8) is 0 Å². The molecule has 0 fully saturated rings. The van der Waals surface area contributed by atoms with Gasteiger partial charge in [-0.15, -0.1) is 0 Å². The van der Waals surface area contributed by atoms with Crippen LogP contribution in [0, 0.1) is 0 Å². The number of aliphatic hydroxyl groups excluding tert-OH is 1. The molecule has 0 radical (unpaired) electrons. The lowest BCUT2D eigenvalue weighted by molar-refractivity contribution is -0.154. The van der Waals surface area contributed by atoms with Gasteiger partial charge in [-0.1, -0.05) is 174 Å².